The second kappa shape index (κ2) is 9.39. The average molecular weight is 503 g/mol. The number of fused-ring (bicyclic) bond motifs is 1. The van der Waals surface area contributed by atoms with Gasteiger partial charge in [-0.3, -0.25) is 4.79 Å². The van der Waals surface area contributed by atoms with E-state index in [9.17, 15) is 22.0 Å². The Labute approximate surface area is 206 Å². The molecule has 0 fully saturated rings. The van der Waals surface area contributed by atoms with E-state index in [4.69, 9.17) is 0 Å². The molecule has 8 heteroatoms. The van der Waals surface area contributed by atoms with Crippen LogP contribution >= 0.6 is 0 Å². The largest absolute Gasteiger partial charge is 0.348 e. The van der Waals surface area contributed by atoms with Crippen molar-refractivity contribution < 1.29 is 22.0 Å². The van der Waals surface area contributed by atoms with Gasteiger partial charge in [-0.05, 0) is 54.1 Å². The highest BCUT2D eigenvalue weighted by Crippen LogP contribution is 2.34. The third kappa shape index (κ3) is 4.38. The van der Waals surface area contributed by atoms with Gasteiger partial charge < -0.3 is 5.32 Å². The summed E-state index contributed by atoms with van der Waals surface area (Å²) in [6.07, 6.45) is 1.42. The molecule has 0 unspecified atom stereocenters. The van der Waals surface area contributed by atoms with Gasteiger partial charge in [0.2, 0.25) is 0 Å². The van der Waals surface area contributed by atoms with Crippen LogP contribution < -0.4 is 5.32 Å². The van der Waals surface area contributed by atoms with Gasteiger partial charge >= 0.3 is 0 Å². The summed E-state index contributed by atoms with van der Waals surface area (Å²) in [4.78, 5) is 12.5. The van der Waals surface area contributed by atoms with E-state index in [1.807, 2.05) is 0 Å². The first-order chi connectivity index (χ1) is 17.3. The van der Waals surface area contributed by atoms with Crippen LogP contribution in [0.2, 0.25) is 0 Å². The molecule has 4 aromatic carbocycles. The molecule has 0 aliphatic heterocycles. The molecule has 0 saturated carbocycles. The van der Waals surface area contributed by atoms with Gasteiger partial charge in [-0.25, -0.2) is 21.2 Å². The zero-order valence-electron chi connectivity index (χ0n) is 18.9. The van der Waals surface area contributed by atoms with Crippen LogP contribution in [0.5, 0.6) is 0 Å². The van der Waals surface area contributed by atoms with E-state index >= 15 is 0 Å². The number of benzene rings is 4. The van der Waals surface area contributed by atoms with Gasteiger partial charge in [-0.2, -0.15) is 0 Å². The maximum absolute atomic E-state index is 14.5. The molecule has 0 spiro atoms. The van der Waals surface area contributed by atoms with E-state index in [1.54, 1.807) is 54.6 Å². The Morgan fingerprint density at radius 2 is 1.44 bits per heavy atom. The molecule has 5 aromatic rings. The molecular formula is C28H20F2N2O3S. The Bertz CT molecular complexity index is 1680. The quantitative estimate of drug-likeness (QED) is 0.321. The second-order valence-corrected chi connectivity index (χ2v) is 9.99. The lowest BCUT2D eigenvalue weighted by molar-refractivity contribution is 0.0951. The van der Waals surface area contributed by atoms with E-state index in [0.717, 1.165) is 9.54 Å². The Morgan fingerprint density at radius 1 is 0.778 bits per heavy atom. The minimum atomic E-state index is -4.04. The number of carbonyl (C=O) groups is 1. The third-order valence-electron chi connectivity index (χ3n) is 5.88. The number of hydrogen-bond donors (Lipinski definition) is 1. The van der Waals surface area contributed by atoms with E-state index < -0.39 is 21.7 Å². The van der Waals surface area contributed by atoms with Crippen LogP contribution in [0.3, 0.4) is 0 Å². The molecular weight excluding hydrogens is 482 g/mol. The first-order valence-electron chi connectivity index (χ1n) is 11.1. The number of carbonyl (C=O) groups excluding carboxylic acids is 1. The standard InChI is InChI=1S/C28H20F2N2O3S/c29-21-13-9-19(10-14-21)17-31-28(33)20-11-15-22(16-12-20)36(34,35)32-18-25(23-5-1-3-7-26(23)30)24-6-2-4-8-27(24)32/h1-16,18H,17H2,(H,31,33). The zero-order chi connectivity index (χ0) is 25.3. The summed E-state index contributed by atoms with van der Waals surface area (Å²) in [5, 5.41) is 3.32. The fraction of sp³-hybridized carbons (Fsp3) is 0.0357. The molecule has 0 atom stereocenters. The van der Waals surface area contributed by atoms with E-state index in [1.165, 1.54) is 48.7 Å². The van der Waals surface area contributed by atoms with E-state index in [0.29, 0.717) is 22.0 Å². The normalized spacial score (nSPS) is 11.5. The molecule has 0 aliphatic rings. The van der Waals surface area contributed by atoms with Crippen molar-refractivity contribution in [2.75, 3.05) is 0 Å². The highest BCUT2D eigenvalue weighted by molar-refractivity contribution is 7.90. The monoisotopic (exact) mass is 502 g/mol. The highest BCUT2D eigenvalue weighted by atomic mass is 32.2. The Balaban J connectivity index is 1.44. The number of nitrogens with one attached hydrogen (secondary N) is 1. The fourth-order valence-corrected chi connectivity index (χ4v) is 5.39. The molecule has 180 valence electrons. The lowest BCUT2D eigenvalue weighted by Crippen LogP contribution is -2.22. The number of para-hydroxylation sites is 1. The topological polar surface area (TPSA) is 68.2 Å². The number of halogens is 2. The SMILES string of the molecule is O=C(NCc1ccc(F)cc1)c1ccc(S(=O)(=O)n2cc(-c3ccccc3F)c3ccccc32)cc1. The molecule has 0 aliphatic carbocycles. The highest BCUT2D eigenvalue weighted by Gasteiger charge is 2.23. The first-order valence-corrected chi connectivity index (χ1v) is 12.5. The van der Waals surface area contributed by atoms with Gasteiger partial charge in [-0.15, -0.1) is 0 Å². The predicted octanol–water partition coefficient (Wildman–Crippen LogP) is 5.75. The molecule has 1 heterocycles. The van der Waals surface area contributed by atoms with Crippen molar-refractivity contribution in [3.8, 4) is 11.1 Å². The first kappa shape index (κ1) is 23.4. The fourth-order valence-electron chi connectivity index (χ4n) is 4.02. The number of amides is 1. The van der Waals surface area contributed by atoms with Crippen molar-refractivity contribution in [2.24, 2.45) is 0 Å². The summed E-state index contributed by atoms with van der Waals surface area (Å²) in [5.41, 5.74) is 2.19. The van der Waals surface area contributed by atoms with Crippen molar-refractivity contribution in [2.45, 2.75) is 11.4 Å². The Morgan fingerprint density at radius 3 is 2.17 bits per heavy atom. The van der Waals surface area contributed by atoms with Crippen molar-refractivity contribution >= 4 is 26.8 Å². The van der Waals surface area contributed by atoms with Gasteiger partial charge in [0.05, 0.1) is 10.4 Å². The molecule has 5 nitrogen and oxygen atoms in total. The summed E-state index contributed by atoms with van der Waals surface area (Å²) in [6.45, 7) is 0.202. The van der Waals surface area contributed by atoms with E-state index in [-0.39, 0.29) is 22.8 Å². The molecule has 0 saturated heterocycles. The summed E-state index contributed by atoms with van der Waals surface area (Å²) in [6, 6.07) is 24.4. The van der Waals surface area contributed by atoms with Crippen LogP contribution in [0, 0.1) is 11.6 Å². The minimum Gasteiger partial charge on any atom is -0.348 e. The molecule has 5 rings (SSSR count). The predicted molar refractivity (Wildman–Crippen MR) is 134 cm³/mol. The van der Waals surface area contributed by atoms with Crippen LogP contribution in [-0.4, -0.2) is 18.3 Å². The maximum atomic E-state index is 14.5. The number of hydrogen-bond acceptors (Lipinski definition) is 3. The summed E-state index contributed by atoms with van der Waals surface area (Å²) in [7, 11) is -4.04. The van der Waals surface area contributed by atoms with Crippen molar-refractivity contribution in [1.82, 2.24) is 9.29 Å². The molecule has 0 bridgehead atoms. The molecule has 1 amide bonds. The minimum absolute atomic E-state index is 0.0154. The van der Waals surface area contributed by atoms with Crippen LogP contribution in [0.15, 0.2) is 108 Å². The smallest absolute Gasteiger partial charge is 0.268 e. The number of aromatic nitrogens is 1. The molecule has 0 radical (unpaired) electrons. The van der Waals surface area contributed by atoms with Gasteiger partial charge in [0, 0.05) is 34.8 Å². The van der Waals surface area contributed by atoms with Crippen molar-refractivity contribution in [3.05, 3.63) is 126 Å². The van der Waals surface area contributed by atoms with Crippen LogP contribution in [0.1, 0.15) is 15.9 Å². The lowest BCUT2D eigenvalue weighted by Gasteiger charge is -2.09. The average Bonchev–Trinajstić information content (AvgIpc) is 3.29. The zero-order valence-corrected chi connectivity index (χ0v) is 19.7. The van der Waals surface area contributed by atoms with E-state index in [2.05, 4.69) is 5.32 Å². The number of nitrogens with zero attached hydrogens (tertiary/aromatic N) is 1. The van der Waals surface area contributed by atoms with Gasteiger partial charge in [0.15, 0.2) is 0 Å². The second-order valence-electron chi connectivity index (χ2n) is 8.17. The van der Waals surface area contributed by atoms with Gasteiger partial charge in [0.1, 0.15) is 11.6 Å². The van der Waals surface area contributed by atoms with Gasteiger partial charge in [-0.1, -0.05) is 48.5 Å². The summed E-state index contributed by atoms with van der Waals surface area (Å²) >= 11 is 0. The molecule has 1 N–H and O–H groups in total. The molecule has 1 aromatic heterocycles. The van der Waals surface area contributed by atoms with Gasteiger partial charge in [0.25, 0.3) is 15.9 Å². The Hall–Kier alpha value is -4.30. The number of rotatable bonds is 6. The Kier molecular flexibility index (Phi) is 6.12. The van der Waals surface area contributed by atoms with Crippen molar-refractivity contribution in [1.29, 1.82) is 0 Å². The summed E-state index contributed by atoms with van der Waals surface area (Å²) < 4.78 is 55.8. The molecule has 36 heavy (non-hydrogen) atoms. The van der Waals surface area contributed by atoms with Crippen LogP contribution in [0.4, 0.5) is 8.78 Å². The van der Waals surface area contributed by atoms with Crippen LogP contribution in [0.25, 0.3) is 22.0 Å². The summed E-state index contributed by atoms with van der Waals surface area (Å²) in [5.74, 6) is -1.20. The van der Waals surface area contributed by atoms with Crippen LogP contribution in [-0.2, 0) is 16.6 Å². The lowest BCUT2D eigenvalue weighted by atomic mass is 10.0. The maximum Gasteiger partial charge on any atom is 0.268 e. The van der Waals surface area contributed by atoms with Crippen molar-refractivity contribution in [3.63, 3.8) is 0 Å². The third-order valence-corrected chi connectivity index (χ3v) is 7.57.